The first-order chi connectivity index (χ1) is 13.0. The highest BCUT2D eigenvalue weighted by atomic mass is 19.1. The van der Waals surface area contributed by atoms with Crippen molar-refractivity contribution in [3.63, 3.8) is 0 Å². The molecule has 1 aromatic rings. The molecule has 1 N–H and O–H groups in total. The van der Waals surface area contributed by atoms with Gasteiger partial charge in [-0.25, -0.2) is 9.18 Å². The van der Waals surface area contributed by atoms with Crippen LogP contribution < -0.4 is 5.32 Å². The van der Waals surface area contributed by atoms with Crippen LogP contribution in [-0.4, -0.2) is 22.3 Å². The first kappa shape index (κ1) is 17.0. The number of hydrogen-bond acceptors (Lipinski definition) is 2. The molecule has 1 atom stereocenters. The van der Waals surface area contributed by atoms with Gasteiger partial charge < -0.3 is 5.32 Å². The van der Waals surface area contributed by atoms with Crippen molar-refractivity contribution in [2.75, 3.05) is 0 Å². The van der Waals surface area contributed by atoms with Crippen molar-refractivity contribution in [2.24, 2.45) is 17.8 Å². The summed E-state index contributed by atoms with van der Waals surface area (Å²) in [5, 5.41) is 3.37. The van der Waals surface area contributed by atoms with Crippen LogP contribution in [0.25, 0.3) is 0 Å². The van der Waals surface area contributed by atoms with Gasteiger partial charge in [0, 0.05) is 18.2 Å². The zero-order valence-electron chi connectivity index (χ0n) is 15.4. The zero-order chi connectivity index (χ0) is 18.6. The molecule has 1 aromatic carbocycles. The molecule has 6 rings (SSSR count). The van der Waals surface area contributed by atoms with E-state index in [-0.39, 0.29) is 35.6 Å². The van der Waals surface area contributed by atoms with Gasteiger partial charge in [-0.15, -0.1) is 0 Å². The highest BCUT2D eigenvalue weighted by molar-refractivity contribution is 5.93. The molecule has 4 bridgehead atoms. The molecule has 1 aliphatic heterocycles. The Kier molecular flexibility index (Phi) is 3.88. The minimum absolute atomic E-state index is 0.0109. The van der Waals surface area contributed by atoms with E-state index in [4.69, 9.17) is 0 Å². The summed E-state index contributed by atoms with van der Waals surface area (Å²) in [5.74, 6) is 1.93. The molecule has 1 heterocycles. The van der Waals surface area contributed by atoms with Crippen LogP contribution in [0, 0.1) is 23.6 Å². The molecule has 0 aromatic heterocycles. The Hall–Kier alpha value is -2.17. The van der Waals surface area contributed by atoms with Crippen molar-refractivity contribution < 1.29 is 14.0 Å². The number of urea groups is 1. The summed E-state index contributed by atoms with van der Waals surface area (Å²) in [4.78, 5) is 26.8. The van der Waals surface area contributed by atoms with Crippen LogP contribution in [0.4, 0.5) is 9.18 Å². The first-order valence-electron chi connectivity index (χ1n) is 10.1. The number of nitrogens with zero attached hydrogens (tertiary/aromatic N) is 1. The second-order valence-corrected chi connectivity index (χ2v) is 9.09. The van der Waals surface area contributed by atoms with E-state index in [9.17, 15) is 14.0 Å². The lowest BCUT2D eigenvalue weighted by atomic mass is 9.53. The second-order valence-electron chi connectivity index (χ2n) is 9.09. The van der Waals surface area contributed by atoms with Crippen LogP contribution in [-0.2, 0) is 4.79 Å². The van der Waals surface area contributed by atoms with E-state index in [0.717, 1.165) is 42.6 Å². The number of nitrogens with one attached hydrogen (secondary N) is 1. The van der Waals surface area contributed by atoms with E-state index in [1.165, 1.54) is 37.5 Å². The van der Waals surface area contributed by atoms with Crippen molar-refractivity contribution in [1.82, 2.24) is 10.2 Å². The van der Waals surface area contributed by atoms with Crippen LogP contribution in [0.3, 0.4) is 0 Å². The third kappa shape index (κ3) is 3.07. The lowest BCUT2D eigenvalue weighted by Gasteiger charge is -2.57. The first-order valence-corrected chi connectivity index (χ1v) is 10.1. The van der Waals surface area contributed by atoms with Crippen molar-refractivity contribution in [2.45, 2.75) is 56.5 Å². The highest BCUT2D eigenvalue weighted by Gasteiger charge is 2.52. The quantitative estimate of drug-likeness (QED) is 0.844. The Bertz CT molecular complexity index is 766. The molecular formula is C22H25FN2O2. The van der Waals surface area contributed by atoms with E-state index in [1.807, 2.05) is 0 Å². The van der Waals surface area contributed by atoms with Crippen molar-refractivity contribution in [3.8, 4) is 0 Å². The van der Waals surface area contributed by atoms with Crippen LogP contribution in [0.2, 0.25) is 0 Å². The molecule has 5 heteroatoms. The van der Waals surface area contributed by atoms with Crippen molar-refractivity contribution >= 4 is 11.8 Å². The van der Waals surface area contributed by atoms with Crippen LogP contribution in [0.1, 0.15) is 56.6 Å². The molecule has 4 nitrogen and oxygen atoms in total. The lowest BCUT2D eigenvalue weighted by Crippen LogP contribution is -2.61. The molecule has 27 heavy (non-hydrogen) atoms. The third-order valence-corrected chi connectivity index (χ3v) is 7.05. The summed E-state index contributed by atoms with van der Waals surface area (Å²) in [7, 11) is 0. The number of halogens is 1. The average molecular weight is 368 g/mol. The predicted molar refractivity (Wildman–Crippen MR) is 99.2 cm³/mol. The summed E-state index contributed by atoms with van der Waals surface area (Å²) in [5.41, 5.74) is 0.712. The van der Waals surface area contributed by atoms with Gasteiger partial charge in [0.25, 0.3) is 0 Å². The van der Waals surface area contributed by atoms with E-state index < -0.39 is 0 Å². The van der Waals surface area contributed by atoms with Gasteiger partial charge in [0.2, 0.25) is 0 Å². The summed E-state index contributed by atoms with van der Waals surface area (Å²) in [6.45, 7) is 0. The normalized spacial score (nSPS) is 36.9. The third-order valence-electron chi connectivity index (χ3n) is 7.05. The van der Waals surface area contributed by atoms with Gasteiger partial charge in [-0.1, -0.05) is 12.1 Å². The summed E-state index contributed by atoms with van der Waals surface area (Å²) < 4.78 is 13.3. The lowest BCUT2D eigenvalue weighted by molar-refractivity contribution is -0.116. The molecule has 0 spiro atoms. The van der Waals surface area contributed by atoms with Crippen molar-refractivity contribution in [1.29, 1.82) is 0 Å². The Morgan fingerprint density at radius 1 is 1.04 bits per heavy atom. The Balaban J connectivity index is 1.38. The van der Waals surface area contributed by atoms with Crippen LogP contribution in [0.5, 0.6) is 0 Å². The highest BCUT2D eigenvalue weighted by Crippen LogP contribution is 2.55. The number of rotatable bonds is 2. The van der Waals surface area contributed by atoms with Gasteiger partial charge in [0.1, 0.15) is 5.82 Å². The summed E-state index contributed by atoms with van der Waals surface area (Å²) >= 11 is 0. The number of ketones is 1. The smallest absolute Gasteiger partial charge is 0.322 e. The molecule has 2 amide bonds. The molecule has 4 aliphatic carbocycles. The number of carbonyl (C=O) groups excluding carboxylic acids is 2. The fourth-order valence-electron chi connectivity index (χ4n) is 6.35. The summed E-state index contributed by atoms with van der Waals surface area (Å²) in [6, 6.07) is 5.59. The van der Waals surface area contributed by atoms with Gasteiger partial charge in [0.05, 0.1) is 6.04 Å². The molecule has 1 unspecified atom stereocenters. The minimum Gasteiger partial charge on any atom is -0.332 e. The SMILES string of the molecule is O=C1C=CN(C(=O)NC23CC4CC(CC(C4)C2)C3)C(c2ccc(F)cc2)C1. The number of carbonyl (C=O) groups is 2. The summed E-state index contributed by atoms with van der Waals surface area (Å²) in [6.07, 6.45) is 10.5. The predicted octanol–water partition coefficient (Wildman–Crippen LogP) is 4.33. The van der Waals surface area contributed by atoms with Gasteiger partial charge in [-0.05, 0) is 80.1 Å². The van der Waals surface area contributed by atoms with E-state index in [0.29, 0.717) is 0 Å². The molecule has 5 aliphatic rings. The van der Waals surface area contributed by atoms with Gasteiger partial charge in [-0.3, -0.25) is 9.69 Å². The maximum atomic E-state index is 13.3. The molecule has 0 saturated heterocycles. The molecule has 142 valence electrons. The molecule has 0 radical (unpaired) electrons. The number of amides is 2. The van der Waals surface area contributed by atoms with Crippen molar-refractivity contribution in [3.05, 3.63) is 47.9 Å². The number of hydrogen-bond donors (Lipinski definition) is 1. The van der Waals surface area contributed by atoms with Gasteiger partial charge >= 0.3 is 6.03 Å². The molecule has 4 saturated carbocycles. The Labute approximate surface area is 158 Å². The Morgan fingerprint density at radius 2 is 1.63 bits per heavy atom. The average Bonchev–Trinajstić information content (AvgIpc) is 2.60. The van der Waals surface area contributed by atoms with Gasteiger partial charge in [-0.2, -0.15) is 0 Å². The Morgan fingerprint density at radius 3 is 2.22 bits per heavy atom. The van der Waals surface area contributed by atoms with Gasteiger partial charge in [0.15, 0.2) is 5.78 Å². The number of allylic oxidation sites excluding steroid dienone is 1. The monoisotopic (exact) mass is 368 g/mol. The zero-order valence-corrected chi connectivity index (χ0v) is 15.4. The topological polar surface area (TPSA) is 49.4 Å². The van der Waals surface area contributed by atoms with Crippen LogP contribution in [0.15, 0.2) is 36.5 Å². The fraction of sp³-hybridized carbons (Fsp3) is 0.545. The maximum absolute atomic E-state index is 13.3. The van der Waals surface area contributed by atoms with E-state index in [1.54, 1.807) is 23.2 Å². The fourth-order valence-corrected chi connectivity index (χ4v) is 6.35. The second kappa shape index (κ2) is 6.18. The molecular weight excluding hydrogens is 343 g/mol. The van der Waals surface area contributed by atoms with E-state index >= 15 is 0 Å². The van der Waals surface area contributed by atoms with Crippen LogP contribution >= 0.6 is 0 Å². The van der Waals surface area contributed by atoms with E-state index in [2.05, 4.69) is 5.32 Å². The standard InChI is InChI=1S/C22H25FN2O2/c23-18-3-1-17(2-4-18)20-10-19(26)5-6-25(20)21(27)24-22-11-14-7-15(12-22)9-16(8-14)13-22/h1-6,14-16,20H,7-13H2,(H,24,27). The largest absolute Gasteiger partial charge is 0.332 e. The number of benzene rings is 1. The minimum atomic E-state index is -0.378. The maximum Gasteiger partial charge on any atom is 0.322 e. The molecule has 4 fully saturated rings.